The van der Waals surface area contributed by atoms with Gasteiger partial charge in [0.25, 0.3) is 0 Å². The SMILES string of the molecule is [c]1nc(Nc2cc[nH]n2)n2cccc2n1. The molecule has 0 aliphatic heterocycles. The van der Waals surface area contributed by atoms with E-state index in [2.05, 4.69) is 31.8 Å². The highest BCUT2D eigenvalue weighted by Gasteiger charge is 2.03. The second-order valence-corrected chi connectivity index (χ2v) is 2.97. The summed E-state index contributed by atoms with van der Waals surface area (Å²) in [4.78, 5) is 8.01. The quantitative estimate of drug-likeness (QED) is 0.645. The lowest BCUT2D eigenvalue weighted by Crippen LogP contribution is -2.01. The Balaban J connectivity index is 2.07. The Morgan fingerprint density at radius 2 is 2.33 bits per heavy atom. The molecule has 0 aliphatic carbocycles. The first kappa shape index (κ1) is 7.98. The Bertz CT molecular complexity index is 567. The lowest BCUT2D eigenvalue weighted by molar-refractivity contribution is 1.01. The molecule has 2 N–H and O–H groups in total. The molecule has 3 heterocycles. The maximum Gasteiger partial charge on any atom is 0.216 e. The van der Waals surface area contributed by atoms with Crippen LogP contribution < -0.4 is 5.32 Å². The third kappa shape index (κ3) is 1.32. The summed E-state index contributed by atoms with van der Waals surface area (Å²) in [6.07, 6.45) is 6.19. The molecule has 1 radical (unpaired) electrons. The van der Waals surface area contributed by atoms with E-state index in [0.717, 1.165) is 5.65 Å². The van der Waals surface area contributed by atoms with Crippen LogP contribution in [0.2, 0.25) is 0 Å². The summed E-state index contributed by atoms with van der Waals surface area (Å²) in [6, 6.07) is 5.60. The van der Waals surface area contributed by atoms with Gasteiger partial charge in [-0.05, 0) is 12.1 Å². The molecule has 0 bridgehead atoms. The van der Waals surface area contributed by atoms with Gasteiger partial charge in [-0.15, -0.1) is 0 Å². The third-order valence-corrected chi connectivity index (χ3v) is 2.02. The minimum atomic E-state index is 0.636. The molecule has 15 heavy (non-hydrogen) atoms. The zero-order valence-electron chi connectivity index (χ0n) is 7.68. The lowest BCUT2D eigenvalue weighted by atomic mass is 10.6. The number of hydrogen-bond acceptors (Lipinski definition) is 4. The normalized spacial score (nSPS) is 10.7. The van der Waals surface area contributed by atoms with Crippen molar-refractivity contribution >= 4 is 17.4 Å². The van der Waals surface area contributed by atoms with Crippen LogP contribution in [-0.4, -0.2) is 24.6 Å². The Kier molecular flexibility index (Phi) is 1.64. The van der Waals surface area contributed by atoms with Crippen molar-refractivity contribution in [2.45, 2.75) is 0 Å². The van der Waals surface area contributed by atoms with Crippen LogP contribution in [0.3, 0.4) is 0 Å². The molecule has 0 aromatic carbocycles. The van der Waals surface area contributed by atoms with Crippen LogP contribution in [-0.2, 0) is 0 Å². The molecule has 0 saturated heterocycles. The van der Waals surface area contributed by atoms with Crippen molar-refractivity contribution in [2.24, 2.45) is 0 Å². The molecule has 0 spiro atoms. The smallest absolute Gasteiger partial charge is 0.216 e. The van der Waals surface area contributed by atoms with Crippen LogP contribution in [0.15, 0.2) is 30.6 Å². The van der Waals surface area contributed by atoms with Crippen molar-refractivity contribution in [3.05, 3.63) is 36.9 Å². The first-order valence-electron chi connectivity index (χ1n) is 4.41. The van der Waals surface area contributed by atoms with Gasteiger partial charge in [0.2, 0.25) is 12.3 Å². The summed E-state index contributed by atoms with van der Waals surface area (Å²) in [7, 11) is 0. The van der Waals surface area contributed by atoms with E-state index < -0.39 is 0 Å². The monoisotopic (exact) mass is 199 g/mol. The van der Waals surface area contributed by atoms with Crippen molar-refractivity contribution in [2.75, 3.05) is 5.32 Å². The molecule has 3 rings (SSSR count). The first-order valence-corrected chi connectivity index (χ1v) is 4.41. The maximum atomic E-state index is 4.02. The van der Waals surface area contributed by atoms with Gasteiger partial charge in [0, 0.05) is 18.5 Å². The number of anilines is 2. The summed E-state index contributed by atoms with van der Waals surface area (Å²) in [5.74, 6) is 1.34. The molecular weight excluding hydrogens is 192 g/mol. The van der Waals surface area contributed by atoms with Crippen molar-refractivity contribution < 1.29 is 0 Å². The lowest BCUT2D eigenvalue weighted by Gasteiger charge is -2.03. The molecular formula is C9H7N6. The van der Waals surface area contributed by atoms with E-state index in [0.29, 0.717) is 11.8 Å². The van der Waals surface area contributed by atoms with Gasteiger partial charge in [0.1, 0.15) is 5.65 Å². The molecule has 73 valence electrons. The maximum absolute atomic E-state index is 4.02. The zero-order chi connectivity index (χ0) is 10.1. The molecule has 3 aromatic heterocycles. The summed E-state index contributed by atoms with van der Waals surface area (Å²) in [6.45, 7) is 0. The van der Waals surface area contributed by atoms with E-state index in [1.807, 2.05) is 28.8 Å². The summed E-state index contributed by atoms with van der Waals surface area (Å²) in [5, 5.41) is 9.75. The van der Waals surface area contributed by atoms with Crippen LogP contribution in [0.4, 0.5) is 11.8 Å². The molecule has 6 nitrogen and oxygen atoms in total. The average molecular weight is 199 g/mol. The van der Waals surface area contributed by atoms with Gasteiger partial charge in [-0.25, -0.2) is 4.98 Å². The largest absolute Gasteiger partial charge is 0.308 e. The van der Waals surface area contributed by atoms with Crippen LogP contribution in [0, 0.1) is 6.33 Å². The van der Waals surface area contributed by atoms with E-state index in [9.17, 15) is 0 Å². The first-order chi connectivity index (χ1) is 7.43. The van der Waals surface area contributed by atoms with E-state index >= 15 is 0 Å². The topological polar surface area (TPSA) is 70.9 Å². The van der Waals surface area contributed by atoms with Crippen molar-refractivity contribution in [1.29, 1.82) is 0 Å². The van der Waals surface area contributed by atoms with Gasteiger partial charge in [-0.2, -0.15) is 10.1 Å². The molecule has 0 fully saturated rings. The summed E-state index contributed by atoms with van der Waals surface area (Å²) < 4.78 is 1.82. The van der Waals surface area contributed by atoms with Gasteiger partial charge in [0.05, 0.1) is 0 Å². The van der Waals surface area contributed by atoms with Crippen LogP contribution in [0.25, 0.3) is 5.65 Å². The van der Waals surface area contributed by atoms with Gasteiger partial charge >= 0.3 is 0 Å². The van der Waals surface area contributed by atoms with E-state index in [-0.39, 0.29) is 0 Å². The second-order valence-electron chi connectivity index (χ2n) is 2.97. The van der Waals surface area contributed by atoms with Gasteiger partial charge in [0.15, 0.2) is 5.82 Å². The minimum absolute atomic E-state index is 0.636. The molecule has 3 aromatic rings. The standard InChI is InChI=1S/C9H7N6/c1-2-8-10-6-11-9(15(8)5-1)13-7-3-4-12-14-7/h1-5H,(H2,10,11,12,13,14). The number of H-pyrrole nitrogens is 1. The Morgan fingerprint density at radius 3 is 3.20 bits per heavy atom. The minimum Gasteiger partial charge on any atom is -0.308 e. The Labute approximate surface area is 85.0 Å². The third-order valence-electron chi connectivity index (χ3n) is 2.02. The van der Waals surface area contributed by atoms with Crippen LogP contribution >= 0.6 is 0 Å². The van der Waals surface area contributed by atoms with Crippen LogP contribution in [0.1, 0.15) is 0 Å². The van der Waals surface area contributed by atoms with E-state index in [1.165, 1.54) is 0 Å². The number of hydrogen-bond donors (Lipinski definition) is 2. The molecule has 0 atom stereocenters. The highest BCUT2D eigenvalue weighted by molar-refractivity contribution is 5.52. The van der Waals surface area contributed by atoms with Gasteiger partial charge < -0.3 is 5.32 Å². The summed E-state index contributed by atoms with van der Waals surface area (Å²) >= 11 is 0. The predicted octanol–water partition coefficient (Wildman–Crippen LogP) is 0.996. The summed E-state index contributed by atoms with van der Waals surface area (Å²) in [5.41, 5.74) is 0.794. The number of fused-ring (bicyclic) bond motifs is 1. The zero-order valence-corrected chi connectivity index (χ0v) is 7.68. The number of rotatable bonds is 2. The number of nitrogens with zero attached hydrogens (tertiary/aromatic N) is 4. The van der Waals surface area contributed by atoms with E-state index in [4.69, 9.17) is 0 Å². The molecule has 0 aliphatic rings. The number of aromatic amines is 1. The fraction of sp³-hybridized carbons (Fsp3) is 0. The molecule has 0 saturated carbocycles. The van der Waals surface area contributed by atoms with Crippen molar-refractivity contribution in [3.63, 3.8) is 0 Å². The fourth-order valence-electron chi connectivity index (χ4n) is 1.35. The molecule has 0 unspecified atom stereocenters. The average Bonchev–Trinajstić information content (AvgIpc) is 2.87. The van der Waals surface area contributed by atoms with E-state index in [1.54, 1.807) is 6.20 Å². The van der Waals surface area contributed by atoms with Crippen molar-refractivity contribution in [1.82, 2.24) is 24.6 Å². The predicted molar refractivity (Wildman–Crippen MR) is 53.7 cm³/mol. The highest BCUT2D eigenvalue weighted by Crippen LogP contribution is 2.11. The Morgan fingerprint density at radius 1 is 1.33 bits per heavy atom. The van der Waals surface area contributed by atoms with Gasteiger partial charge in [-0.1, -0.05) is 0 Å². The van der Waals surface area contributed by atoms with Crippen molar-refractivity contribution in [3.8, 4) is 0 Å². The molecule has 0 amide bonds. The molecule has 6 heteroatoms. The fourth-order valence-corrected chi connectivity index (χ4v) is 1.35. The van der Waals surface area contributed by atoms with Gasteiger partial charge in [-0.3, -0.25) is 9.50 Å². The number of nitrogens with one attached hydrogen (secondary N) is 2. The Hall–Kier alpha value is -2.37. The van der Waals surface area contributed by atoms with Crippen LogP contribution in [0.5, 0.6) is 0 Å². The number of aromatic nitrogens is 5. The highest BCUT2D eigenvalue weighted by atomic mass is 15.3. The second kappa shape index (κ2) is 3.09.